The van der Waals surface area contributed by atoms with Crippen molar-refractivity contribution in [3.8, 4) is 5.75 Å². The highest BCUT2D eigenvalue weighted by Crippen LogP contribution is 2.42. The number of nitrogens with zero attached hydrogens (tertiary/aromatic N) is 2. The van der Waals surface area contributed by atoms with E-state index in [9.17, 15) is 14.7 Å². The van der Waals surface area contributed by atoms with E-state index in [2.05, 4.69) is 5.32 Å². The van der Waals surface area contributed by atoms with Gasteiger partial charge in [-0.1, -0.05) is 54.9 Å². The molecule has 0 spiro atoms. The Morgan fingerprint density at radius 1 is 1.11 bits per heavy atom. The number of hydrogen-bond donors (Lipinski definition) is 2. The lowest BCUT2D eigenvalue weighted by Gasteiger charge is -2.39. The average molecular weight is 502 g/mol. The molecule has 2 N–H and O–H groups in total. The van der Waals surface area contributed by atoms with Crippen molar-refractivity contribution >= 4 is 23.6 Å². The number of nitrogens with one attached hydrogen (secondary N) is 1. The summed E-state index contributed by atoms with van der Waals surface area (Å²) in [5, 5.41) is 14.4. The fourth-order valence-corrected chi connectivity index (χ4v) is 5.41. The van der Waals surface area contributed by atoms with Crippen molar-refractivity contribution in [2.45, 2.75) is 71.4 Å². The topological polar surface area (TPSA) is 82.1 Å². The van der Waals surface area contributed by atoms with Gasteiger partial charge in [0.05, 0.1) is 13.2 Å². The maximum absolute atomic E-state index is 14.0. The minimum absolute atomic E-state index is 0.0750. The largest absolute Gasteiger partial charge is 0.496 e. The molecule has 0 unspecified atom stereocenters. The van der Waals surface area contributed by atoms with Crippen LogP contribution in [0.25, 0.3) is 0 Å². The number of rotatable bonds is 8. The quantitative estimate of drug-likeness (QED) is 0.520. The van der Waals surface area contributed by atoms with Crippen molar-refractivity contribution < 1.29 is 19.4 Å². The first-order valence-corrected chi connectivity index (χ1v) is 12.4. The lowest BCUT2D eigenvalue weighted by Crippen LogP contribution is -2.54. The van der Waals surface area contributed by atoms with Gasteiger partial charge >= 0.3 is 12.0 Å². The molecule has 1 heterocycles. The lowest BCUT2D eigenvalue weighted by atomic mass is 9.92. The molecule has 2 aromatic carbocycles. The Morgan fingerprint density at radius 2 is 1.74 bits per heavy atom. The number of urea groups is 1. The summed E-state index contributed by atoms with van der Waals surface area (Å²) in [6, 6.07) is 12.9. The summed E-state index contributed by atoms with van der Waals surface area (Å²) in [6.45, 7) is 10.1. The molecule has 0 aromatic heterocycles. The lowest BCUT2D eigenvalue weighted by molar-refractivity contribution is -0.143. The average Bonchev–Trinajstić information content (AvgIpc) is 3.10. The highest BCUT2D eigenvalue weighted by atomic mass is 35.5. The molecule has 1 saturated heterocycles. The molecule has 1 fully saturated rings. The molecule has 1 aliphatic heterocycles. The molecule has 0 bridgehead atoms. The van der Waals surface area contributed by atoms with Crippen LogP contribution >= 0.6 is 11.6 Å². The number of ether oxygens (including phenoxy) is 1. The third kappa shape index (κ3) is 5.57. The van der Waals surface area contributed by atoms with Crippen LogP contribution in [0.2, 0.25) is 5.02 Å². The Labute approximate surface area is 213 Å². The number of likely N-dealkylation sites (tertiary alicyclic amines) is 1. The summed E-state index contributed by atoms with van der Waals surface area (Å²) >= 11 is 6.12. The molecule has 0 radical (unpaired) electrons. The first-order chi connectivity index (χ1) is 16.6. The Kier molecular flexibility index (Phi) is 8.67. The van der Waals surface area contributed by atoms with Gasteiger partial charge in [-0.15, -0.1) is 0 Å². The van der Waals surface area contributed by atoms with Gasteiger partial charge in [0.15, 0.2) is 0 Å². The minimum atomic E-state index is -1.01. The second kappa shape index (κ2) is 11.3. The van der Waals surface area contributed by atoms with Gasteiger partial charge in [-0.3, -0.25) is 0 Å². The summed E-state index contributed by atoms with van der Waals surface area (Å²) in [4.78, 5) is 29.8. The molecule has 190 valence electrons. The van der Waals surface area contributed by atoms with Gasteiger partial charge in [-0.2, -0.15) is 0 Å². The van der Waals surface area contributed by atoms with Gasteiger partial charge in [0.1, 0.15) is 11.8 Å². The van der Waals surface area contributed by atoms with Crippen LogP contribution in [0.1, 0.15) is 51.8 Å². The normalized spacial score (nSPS) is 22.0. The molecule has 1 aliphatic rings. The maximum atomic E-state index is 14.0. The second-order valence-electron chi connectivity index (χ2n) is 9.65. The van der Waals surface area contributed by atoms with Gasteiger partial charge in [0.25, 0.3) is 0 Å². The first kappa shape index (κ1) is 26.8. The van der Waals surface area contributed by atoms with E-state index in [1.165, 1.54) is 0 Å². The molecule has 8 heteroatoms. The van der Waals surface area contributed by atoms with Gasteiger partial charge < -0.3 is 25.0 Å². The molecule has 0 aliphatic carbocycles. The Bertz CT molecular complexity index is 1020. The maximum Gasteiger partial charge on any atom is 0.326 e. The summed E-state index contributed by atoms with van der Waals surface area (Å²) < 4.78 is 5.49. The third-order valence-electron chi connectivity index (χ3n) is 6.73. The summed E-state index contributed by atoms with van der Waals surface area (Å²) in [5.74, 6) is -0.700. The number of benzene rings is 2. The van der Waals surface area contributed by atoms with Crippen molar-refractivity contribution in [1.29, 1.82) is 0 Å². The summed E-state index contributed by atoms with van der Waals surface area (Å²) in [7, 11) is 1.59. The van der Waals surface area contributed by atoms with E-state index >= 15 is 0 Å². The second-order valence-corrected chi connectivity index (χ2v) is 10.1. The molecule has 2 aromatic rings. The number of methoxy groups -OCH3 is 1. The molecule has 4 atom stereocenters. The fourth-order valence-electron chi connectivity index (χ4n) is 5.24. The first-order valence-electron chi connectivity index (χ1n) is 12.0. The standard InChI is InChI=1S/C27H36ClN3O4/c1-16(2)30(17(3)4)27(34)31-24(26(32)33)18(5)23(25(31)19-10-8-7-9-11-19)29-15-20-12-13-21(28)14-22(20)35-6/h7-14,16-18,23-25,29H,15H2,1-6H3,(H,32,33)/t18-,23-,24-,25-/m1/s1. The van der Waals surface area contributed by atoms with Crippen LogP contribution in [0.3, 0.4) is 0 Å². The van der Waals surface area contributed by atoms with Crippen LogP contribution in [0, 0.1) is 5.92 Å². The molecule has 3 rings (SSSR count). The Morgan fingerprint density at radius 3 is 2.29 bits per heavy atom. The zero-order valence-corrected chi connectivity index (χ0v) is 22.0. The Balaban J connectivity index is 2.05. The molecular weight excluding hydrogens is 466 g/mol. The highest BCUT2D eigenvalue weighted by molar-refractivity contribution is 6.30. The van der Waals surface area contributed by atoms with Crippen molar-refractivity contribution in [3.63, 3.8) is 0 Å². The van der Waals surface area contributed by atoms with Crippen LogP contribution in [0.5, 0.6) is 5.75 Å². The van der Waals surface area contributed by atoms with E-state index in [0.29, 0.717) is 17.3 Å². The van der Waals surface area contributed by atoms with Gasteiger partial charge in [-0.25, -0.2) is 9.59 Å². The number of carbonyl (C=O) groups excluding carboxylic acids is 1. The van der Waals surface area contributed by atoms with E-state index in [1.54, 1.807) is 29.0 Å². The third-order valence-corrected chi connectivity index (χ3v) is 6.97. The molecule has 0 saturated carbocycles. The number of carboxylic acids is 1. The number of hydrogen-bond acceptors (Lipinski definition) is 4. The molecular formula is C27H36ClN3O4. The van der Waals surface area contributed by atoms with E-state index in [0.717, 1.165) is 11.1 Å². The summed E-state index contributed by atoms with van der Waals surface area (Å²) in [5.41, 5.74) is 1.79. The number of aliphatic carboxylic acids is 1. The van der Waals surface area contributed by atoms with E-state index in [-0.39, 0.29) is 30.1 Å². The van der Waals surface area contributed by atoms with Crippen LogP contribution in [-0.4, -0.2) is 58.2 Å². The van der Waals surface area contributed by atoms with Crippen LogP contribution < -0.4 is 10.1 Å². The Hall–Kier alpha value is -2.77. The predicted octanol–water partition coefficient (Wildman–Crippen LogP) is 5.19. The zero-order chi connectivity index (χ0) is 25.9. The fraction of sp³-hybridized carbons (Fsp3) is 0.481. The highest BCUT2D eigenvalue weighted by Gasteiger charge is 2.53. The molecule has 7 nitrogen and oxygen atoms in total. The van der Waals surface area contributed by atoms with E-state index in [4.69, 9.17) is 16.3 Å². The van der Waals surface area contributed by atoms with E-state index in [1.807, 2.05) is 71.0 Å². The van der Waals surface area contributed by atoms with Gasteiger partial charge in [0, 0.05) is 41.2 Å². The van der Waals surface area contributed by atoms with Crippen LogP contribution in [0.4, 0.5) is 4.79 Å². The number of carbonyl (C=O) groups is 2. The van der Waals surface area contributed by atoms with Crippen LogP contribution in [-0.2, 0) is 11.3 Å². The number of carboxylic acid groups (broad SMARTS) is 1. The molecule has 2 amide bonds. The van der Waals surface area contributed by atoms with E-state index < -0.39 is 18.1 Å². The number of halogens is 1. The predicted molar refractivity (Wildman–Crippen MR) is 138 cm³/mol. The minimum Gasteiger partial charge on any atom is -0.496 e. The van der Waals surface area contributed by atoms with Gasteiger partial charge in [0.2, 0.25) is 0 Å². The number of amides is 2. The monoisotopic (exact) mass is 501 g/mol. The van der Waals surface area contributed by atoms with Crippen molar-refractivity contribution in [2.24, 2.45) is 5.92 Å². The van der Waals surface area contributed by atoms with Gasteiger partial charge in [-0.05, 0) is 45.4 Å². The van der Waals surface area contributed by atoms with Crippen molar-refractivity contribution in [1.82, 2.24) is 15.1 Å². The molecule has 35 heavy (non-hydrogen) atoms. The zero-order valence-electron chi connectivity index (χ0n) is 21.2. The van der Waals surface area contributed by atoms with Crippen LogP contribution in [0.15, 0.2) is 48.5 Å². The summed E-state index contributed by atoms with van der Waals surface area (Å²) in [6.07, 6.45) is 0. The smallest absolute Gasteiger partial charge is 0.326 e. The van der Waals surface area contributed by atoms with Crippen molar-refractivity contribution in [2.75, 3.05) is 7.11 Å². The van der Waals surface area contributed by atoms with Crippen molar-refractivity contribution in [3.05, 3.63) is 64.7 Å². The SMILES string of the molecule is COc1cc(Cl)ccc1CN[C@@H]1[C@@H](C)[C@H](C(=O)O)N(C(=O)N(C(C)C)C(C)C)[C@@H]1c1ccccc1.